The predicted molar refractivity (Wildman–Crippen MR) is 79.4 cm³/mol. The topological polar surface area (TPSA) is 41.7 Å². The van der Waals surface area contributed by atoms with Gasteiger partial charge in [0.2, 0.25) is 0 Å². The molecule has 1 heterocycles. The number of rotatable bonds is 4. The van der Waals surface area contributed by atoms with Gasteiger partial charge in [0.1, 0.15) is 5.75 Å². The molecule has 19 heavy (non-hydrogen) atoms. The third-order valence-corrected chi connectivity index (χ3v) is 3.44. The lowest BCUT2D eigenvalue weighted by Crippen LogP contribution is -2.43. The number of benzene rings is 1. The molecule has 2 N–H and O–H groups in total. The van der Waals surface area contributed by atoms with Crippen LogP contribution in [0.25, 0.3) is 0 Å². The van der Waals surface area contributed by atoms with Crippen LogP contribution in [0.1, 0.15) is 19.4 Å². The first-order valence-corrected chi connectivity index (χ1v) is 7.00. The van der Waals surface area contributed by atoms with E-state index in [4.69, 9.17) is 10.5 Å². The van der Waals surface area contributed by atoms with Gasteiger partial charge in [0.05, 0.1) is 11.8 Å². The van der Waals surface area contributed by atoms with Crippen molar-refractivity contribution in [2.24, 2.45) is 0 Å². The van der Waals surface area contributed by atoms with Crippen molar-refractivity contribution in [3.8, 4) is 5.75 Å². The Hall–Kier alpha value is -1.26. The van der Waals surface area contributed by atoms with Crippen LogP contribution >= 0.6 is 0 Å². The Morgan fingerprint density at radius 3 is 2.53 bits per heavy atom. The van der Waals surface area contributed by atoms with E-state index in [0.29, 0.717) is 0 Å². The van der Waals surface area contributed by atoms with Crippen molar-refractivity contribution in [1.29, 1.82) is 0 Å². The molecule has 0 radical (unpaired) electrons. The molecular formula is C15H25N3O. The van der Waals surface area contributed by atoms with E-state index in [1.165, 1.54) is 5.56 Å². The van der Waals surface area contributed by atoms with E-state index >= 15 is 0 Å². The van der Waals surface area contributed by atoms with Crippen molar-refractivity contribution in [1.82, 2.24) is 9.80 Å². The van der Waals surface area contributed by atoms with Crippen molar-refractivity contribution in [3.63, 3.8) is 0 Å². The van der Waals surface area contributed by atoms with Gasteiger partial charge in [-0.1, -0.05) is 6.07 Å². The Balaban J connectivity index is 2.00. The van der Waals surface area contributed by atoms with Crippen LogP contribution in [0.4, 0.5) is 5.69 Å². The Kier molecular flexibility index (Phi) is 4.66. The molecule has 0 aliphatic carbocycles. The highest BCUT2D eigenvalue weighted by Gasteiger charge is 2.14. The molecular weight excluding hydrogens is 238 g/mol. The highest BCUT2D eigenvalue weighted by Crippen LogP contribution is 2.24. The van der Waals surface area contributed by atoms with E-state index in [9.17, 15) is 0 Å². The summed E-state index contributed by atoms with van der Waals surface area (Å²) >= 11 is 0. The highest BCUT2D eigenvalue weighted by molar-refractivity contribution is 5.54. The van der Waals surface area contributed by atoms with Crippen LogP contribution in [0, 0.1) is 0 Å². The maximum absolute atomic E-state index is 5.94. The van der Waals surface area contributed by atoms with Crippen LogP contribution in [0.3, 0.4) is 0 Å². The highest BCUT2D eigenvalue weighted by atomic mass is 16.5. The molecule has 4 heteroatoms. The monoisotopic (exact) mass is 263 g/mol. The van der Waals surface area contributed by atoms with E-state index in [1.54, 1.807) is 0 Å². The van der Waals surface area contributed by atoms with Gasteiger partial charge in [0.15, 0.2) is 0 Å². The lowest BCUT2D eigenvalue weighted by atomic mass is 10.1. The van der Waals surface area contributed by atoms with Crippen molar-refractivity contribution < 1.29 is 4.74 Å². The summed E-state index contributed by atoms with van der Waals surface area (Å²) in [5.74, 6) is 0.807. The normalized spacial score (nSPS) is 17.9. The van der Waals surface area contributed by atoms with Crippen LogP contribution in [0.2, 0.25) is 0 Å². The number of nitrogens with two attached hydrogens (primary N) is 1. The molecule has 1 aromatic carbocycles. The van der Waals surface area contributed by atoms with Gasteiger partial charge in [-0.25, -0.2) is 0 Å². The lowest BCUT2D eigenvalue weighted by Gasteiger charge is -2.32. The zero-order chi connectivity index (χ0) is 13.8. The van der Waals surface area contributed by atoms with Crippen LogP contribution in [0.5, 0.6) is 5.75 Å². The second kappa shape index (κ2) is 6.26. The lowest BCUT2D eigenvalue weighted by molar-refractivity contribution is 0.148. The first-order valence-electron chi connectivity index (χ1n) is 7.00. The zero-order valence-electron chi connectivity index (χ0n) is 12.2. The number of anilines is 1. The third-order valence-electron chi connectivity index (χ3n) is 3.44. The minimum absolute atomic E-state index is 0.154. The molecule has 1 saturated heterocycles. The van der Waals surface area contributed by atoms with Gasteiger partial charge >= 0.3 is 0 Å². The summed E-state index contributed by atoms with van der Waals surface area (Å²) in [6.07, 6.45) is 0.154. The molecule has 1 aliphatic heterocycles. The summed E-state index contributed by atoms with van der Waals surface area (Å²) in [5, 5.41) is 0. The van der Waals surface area contributed by atoms with Gasteiger partial charge in [-0.3, -0.25) is 4.90 Å². The van der Waals surface area contributed by atoms with E-state index < -0.39 is 0 Å². The summed E-state index contributed by atoms with van der Waals surface area (Å²) in [5.41, 5.74) is 7.93. The number of hydrogen-bond donors (Lipinski definition) is 1. The van der Waals surface area contributed by atoms with E-state index in [1.807, 2.05) is 19.9 Å². The first-order chi connectivity index (χ1) is 9.04. The molecule has 0 amide bonds. The fourth-order valence-corrected chi connectivity index (χ4v) is 2.30. The van der Waals surface area contributed by atoms with Crippen LogP contribution in [0.15, 0.2) is 18.2 Å². The Labute approximate surface area is 116 Å². The smallest absolute Gasteiger partial charge is 0.142 e. The molecule has 0 saturated carbocycles. The summed E-state index contributed by atoms with van der Waals surface area (Å²) in [4.78, 5) is 4.84. The van der Waals surface area contributed by atoms with Gasteiger partial charge in [-0.15, -0.1) is 0 Å². The van der Waals surface area contributed by atoms with Gasteiger partial charge in [0, 0.05) is 32.7 Å². The Bertz CT molecular complexity index is 412. The van der Waals surface area contributed by atoms with Crippen LogP contribution in [-0.4, -0.2) is 49.1 Å². The molecule has 0 bridgehead atoms. The molecule has 2 rings (SSSR count). The molecule has 1 fully saturated rings. The number of hydrogen-bond acceptors (Lipinski definition) is 4. The summed E-state index contributed by atoms with van der Waals surface area (Å²) < 4.78 is 5.74. The average molecular weight is 263 g/mol. The zero-order valence-corrected chi connectivity index (χ0v) is 12.2. The summed E-state index contributed by atoms with van der Waals surface area (Å²) in [6.45, 7) is 9.55. The fraction of sp³-hybridized carbons (Fsp3) is 0.600. The van der Waals surface area contributed by atoms with Crippen molar-refractivity contribution >= 4 is 5.69 Å². The molecule has 0 aromatic heterocycles. The Morgan fingerprint density at radius 2 is 1.89 bits per heavy atom. The second-order valence-electron chi connectivity index (χ2n) is 5.62. The third kappa shape index (κ3) is 4.11. The van der Waals surface area contributed by atoms with Crippen molar-refractivity contribution in [2.75, 3.05) is 39.0 Å². The van der Waals surface area contributed by atoms with Gasteiger partial charge in [-0.05, 0) is 38.6 Å². The van der Waals surface area contributed by atoms with Crippen LogP contribution < -0.4 is 10.5 Å². The van der Waals surface area contributed by atoms with E-state index in [-0.39, 0.29) is 6.10 Å². The fourth-order valence-electron chi connectivity index (χ4n) is 2.30. The molecule has 0 atom stereocenters. The predicted octanol–water partition coefficient (Wildman–Crippen LogP) is 1.80. The quantitative estimate of drug-likeness (QED) is 0.841. The molecule has 4 nitrogen and oxygen atoms in total. The number of nitrogen functional groups attached to an aromatic ring is 1. The van der Waals surface area contributed by atoms with Crippen molar-refractivity contribution in [2.45, 2.75) is 26.5 Å². The van der Waals surface area contributed by atoms with Gasteiger partial charge < -0.3 is 15.4 Å². The molecule has 0 unspecified atom stereocenters. The van der Waals surface area contributed by atoms with E-state index in [0.717, 1.165) is 44.2 Å². The number of ether oxygens (including phenoxy) is 1. The molecule has 1 aliphatic rings. The SMILES string of the molecule is CC(C)Oc1cc(CN2CCN(C)CC2)ccc1N. The maximum atomic E-state index is 5.94. The minimum atomic E-state index is 0.154. The maximum Gasteiger partial charge on any atom is 0.142 e. The van der Waals surface area contributed by atoms with Crippen LogP contribution in [-0.2, 0) is 6.54 Å². The van der Waals surface area contributed by atoms with Gasteiger partial charge in [0.25, 0.3) is 0 Å². The molecule has 106 valence electrons. The summed E-state index contributed by atoms with van der Waals surface area (Å²) in [7, 11) is 2.18. The van der Waals surface area contributed by atoms with Crippen molar-refractivity contribution in [3.05, 3.63) is 23.8 Å². The number of piperazine rings is 1. The van der Waals surface area contributed by atoms with Gasteiger partial charge in [-0.2, -0.15) is 0 Å². The molecule has 0 spiro atoms. The second-order valence-corrected chi connectivity index (χ2v) is 5.62. The minimum Gasteiger partial charge on any atom is -0.489 e. The number of likely N-dealkylation sites (N-methyl/N-ethyl adjacent to an activating group) is 1. The standard InChI is InChI=1S/C15H25N3O/c1-12(2)19-15-10-13(4-5-14(15)16)11-18-8-6-17(3)7-9-18/h4-5,10,12H,6-9,11,16H2,1-3H3. The molecule has 1 aromatic rings. The average Bonchev–Trinajstić information content (AvgIpc) is 2.36. The number of nitrogens with zero attached hydrogens (tertiary/aromatic N) is 2. The first kappa shape index (κ1) is 14.2. The van der Waals surface area contributed by atoms with E-state index in [2.05, 4.69) is 29.0 Å². The largest absolute Gasteiger partial charge is 0.489 e. The Morgan fingerprint density at radius 1 is 1.21 bits per heavy atom. The summed E-state index contributed by atoms with van der Waals surface area (Å²) in [6, 6.07) is 6.12.